The van der Waals surface area contributed by atoms with E-state index in [1.807, 2.05) is 0 Å². The van der Waals surface area contributed by atoms with E-state index in [0.717, 1.165) is 25.0 Å². The molecule has 0 fully saturated rings. The molecule has 0 bridgehead atoms. The number of aromatic nitrogens is 2. The van der Waals surface area contributed by atoms with Crippen LogP contribution in [0, 0.1) is 6.92 Å². The number of halogens is 3. The van der Waals surface area contributed by atoms with Gasteiger partial charge >= 0.3 is 6.36 Å². The number of carbonyl (C=O) groups excluding carboxylic acids is 1. The summed E-state index contributed by atoms with van der Waals surface area (Å²) in [7, 11) is 1.54. The number of hydrogen-bond donors (Lipinski definition) is 0. The third-order valence-electron chi connectivity index (χ3n) is 3.59. The van der Waals surface area contributed by atoms with Gasteiger partial charge in [-0.1, -0.05) is 25.5 Å². The molecule has 8 heteroatoms. The summed E-state index contributed by atoms with van der Waals surface area (Å²) >= 11 is 0. The maximum atomic E-state index is 12.4. The molecule has 26 heavy (non-hydrogen) atoms. The van der Waals surface area contributed by atoms with Crippen molar-refractivity contribution in [3.8, 4) is 5.75 Å². The van der Waals surface area contributed by atoms with Crippen molar-refractivity contribution in [3.05, 3.63) is 54.6 Å². The number of carbonyl (C=O) groups is 1. The highest BCUT2D eigenvalue weighted by Crippen LogP contribution is 2.23. The van der Waals surface area contributed by atoms with Crippen LogP contribution in [0.2, 0.25) is 0 Å². The number of ether oxygens (including phenoxy) is 1. The van der Waals surface area contributed by atoms with Gasteiger partial charge in [0.15, 0.2) is 5.82 Å². The highest BCUT2D eigenvalue weighted by Gasteiger charge is 2.31. The van der Waals surface area contributed by atoms with Gasteiger partial charge in [-0.15, -0.1) is 18.3 Å². The van der Waals surface area contributed by atoms with Gasteiger partial charge in [0.1, 0.15) is 5.75 Å². The van der Waals surface area contributed by atoms with Crippen LogP contribution < -0.4 is 9.64 Å². The maximum absolute atomic E-state index is 12.4. The lowest BCUT2D eigenvalue weighted by Gasteiger charge is -2.16. The molecule has 0 spiro atoms. The molecule has 1 amide bonds. The van der Waals surface area contributed by atoms with Gasteiger partial charge in [-0.25, -0.2) is 0 Å². The predicted octanol–water partition coefficient (Wildman–Crippen LogP) is 3.74. The molecular formula is C18H19F3N3O2. The number of alkyl halides is 3. The van der Waals surface area contributed by atoms with Crippen molar-refractivity contribution >= 4 is 11.7 Å². The Morgan fingerprint density at radius 3 is 2.62 bits per heavy atom. The van der Waals surface area contributed by atoms with E-state index < -0.39 is 6.36 Å². The summed E-state index contributed by atoms with van der Waals surface area (Å²) < 4.78 is 40.7. The lowest BCUT2D eigenvalue weighted by atomic mass is 10.1. The van der Waals surface area contributed by atoms with Crippen molar-refractivity contribution in [1.29, 1.82) is 0 Å². The van der Waals surface area contributed by atoms with Crippen LogP contribution in [0.1, 0.15) is 24.1 Å². The van der Waals surface area contributed by atoms with E-state index in [9.17, 15) is 18.0 Å². The predicted molar refractivity (Wildman–Crippen MR) is 90.6 cm³/mol. The molecule has 0 aliphatic rings. The van der Waals surface area contributed by atoms with E-state index in [-0.39, 0.29) is 18.1 Å². The molecule has 139 valence electrons. The summed E-state index contributed by atoms with van der Waals surface area (Å²) in [5.41, 5.74) is 1.22. The van der Waals surface area contributed by atoms with Crippen molar-refractivity contribution in [3.63, 3.8) is 0 Å². The topological polar surface area (TPSA) is 55.3 Å². The SMILES string of the molecule is [CH2]CCCc1ccc(N(C)C(=O)Cc2cccc(OC(F)(F)F)c2)nn1. The van der Waals surface area contributed by atoms with E-state index in [2.05, 4.69) is 21.9 Å². The highest BCUT2D eigenvalue weighted by molar-refractivity contribution is 5.93. The molecule has 0 N–H and O–H groups in total. The molecule has 0 atom stereocenters. The third kappa shape index (κ3) is 6.02. The van der Waals surface area contributed by atoms with Crippen LogP contribution in [0.25, 0.3) is 0 Å². The summed E-state index contributed by atoms with van der Waals surface area (Å²) in [6.45, 7) is 3.76. The molecular weight excluding hydrogens is 347 g/mol. The van der Waals surface area contributed by atoms with Gasteiger partial charge in [0.25, 0.3) is 0 Å². The quantitative estimate of drug-likeness (QED) is 0.749. The van der Waals surface area contributed by atoms with Crippen LogP contribution in [0.15, 0.2) is 36.4 Å². The van der Waals surface area contributed by atoms with Gasteiger partial charge in [0, 0.05) is 7.05 Å². The normalized spacial score (nSPS) is 11.3. The molecule has 0 saturated carbocycles. The smallest absolute Gasteiger partial charge is 0.406 e. The molecule has 0 aliphatic carbocycles. The van der Waals surface area contributed by atoms with Crippen molar-refractivity contribution in [1.82, 2.24) is 10.2 Å². The average molecular weight is 366 g/mol. The average Bonchev–Trinajstić information content (AvgIpc) is 2.58. The van der Waals surface area contributed by atoms with Crippen molar-refractivity contribution in [2.45, 2.75) is 32.0 Å². The number of hydrogen-bond acceptors (Lipinski definition) is 4. The Hall–Kier alpha value is -2.64. The first kappa shape index (κ1) is 19.7. The number of amides is 1. The first-order valence-electron chi connectivity index (χ1n) is 8.01. The molecule has 0 aliphatic heterocycles. The number of anilines is 1. The molecule has 5 nitrogen and oxygen atoms in total. The van der Waals surface area contributed by atoms with E-state index in [0.29, 0.717) is 11.4 Å². The molecule has 2 rings (SSSR count). The van der Waals surface area contributed by atoms with Crippen LogP contribution in [0.3, 0.4) is 0 Å². The third-order valence-corrected chi connectivity index (χ3v) is 3.59. The van der Waals surface area contributed by atoms with Crippen LogP contribution in [-0.2, 0) is 17.6 Å². The number of unbranched alkanes of at least 4 members (excludes halogenated alkanes) is 1. The van der Waals surface area contributed by atoms with Gasteiger partial charge < -0.3 is 4.74 Å². The number of benzene rings is 1. The maximum Gasteiger partial charge on any atom is 0.573 e. The van der Waals surface area contributed by atoms with Crippen molar-refractivity contribution < 1.29 is 22.7 Å². The van der Waals surface area contributed by atoms with Gasteiger partial charge in [-0.3, -0.25) is 9.69 Å². The second-order valence-electron chi connectivity index (χ2n) is 5.66. The Morgan fingerprint density at radius 1 is 1.23 bits per heavy atom. The molecule has 0 saturated heterocycles. The molecule has 1 aromatic heterocycles. The molecule has 1 radical (unpaired) electrons. The lowest BCUT2D eigenvalue weighted by molar-refractivity contribution is -0.274. The second kappa shape index (κ2) is 8.64. The van der Waals surface area contributed by atoms with Crippen LogP contribution in [0.4, 0.5) is 19.0 Å². The van der Waals surface area contributed by atoms with Crippen molar-refractivity contribution in [2.24, 2.45) is 0 Å². The zero-order chi connectivity index (χ0) is 19.2. The summed E-state index contributed by atoms with van der Waals surface area (Å²) in [4.78, 5) is 13.7. The number of nitrogens with zero attached hydrogens (tertiary/aromatic N) is 3. The minimum atomic E-state index is -4.77. The Morgan fingerprint density at radius 2 is 2.00 bits per heavy atom. The van der Waals surface area contributed by atoms with Gasteiger partial charge in [0.2, 0.25) is 5.91 Å². The van der Waals surface area contributed by atoms with E-state index in [1.54, 1.807) is 18.2 Å². The number of likely N-dealkylation sites (N-methyl/N-ethyl adjacent to an activating group) is 1. The number of rotatable bonds is 7. The van der Waals surface area contributed by atoms with E-state index in [1.165, 1.54) is 30.1 Å². The molecule has 0 unspecified atom stereocenters. The van der Waals surface area contributed by atoms with E-state index >= 15 is 0 Å². The molecule has 1 aromatic carbocycles. The first-order valence-corrected chi connectivity index (χ1v) is 8.01. The fourth-order valence-electron chi connectivity index (χ4n) is 2.24. The van der Waals surface area contributed by atoms with Crippen LogP contribution >= 0.6 is 0 Å². The van der Waals surface area contributed by atoms with Crippen molar-refractivity contribution in [2.75, 3.05) is 11.9 Å². The fourth-order valence-corrected chi connectivity index (χ4v) is 2.24. The van der Waals surface area contributed by atoms with Gasteiger partial charge in [-0.05, 0) is 42.7 Å². The van der Waals surface area contributed by atoms with Crippen LogP contribution in [0.5, 0.6) is 5.75 Å². The molecule has 2 aromatic rings. The fraction of sp³-hybridized carbons (Fsp3) is 0.333. The summed E-state index contributed by atoms with van der Waals surface area (Å²) in [6, 6.07) is 8.81. The zero-order valence-corrected chi connectivity index (χ0v) is 14.3. The van der Waals surface area contributed by atoms with E-state index in [4.69, 9.17) is 0 Å². The Labute approximate surface area is 149 Å². The number of aryl methyl sites for hydroxylation is 1. The summed E-state index contributed by atoms with van der Waals surface area (Å²) in [5, 5.41) is 8.09. The first-order chi connectivity index (χ1) is 12.3. The minimum Gasteiger partial charge on any atom is -0.406 e. The van der Waals surface area contributed by atoms with Crippen LogP contribution in [-0.4, -0.2) is 29.5 Å². The standard InChI is InChI=1S/C18H19F3N3O2/c1-3-4-7-14-9-10-16(23-22-14)24(2)17(25)12-13-6-5-8-15(11-13)26-18(19,20)21/h5-6,8-11H,1,3-4,7,12H2,2H3. The summed E-state index contributed by atoms with van der Waals surface area (Å²) in [6.07, 6.45) is -2.39. The Balaban J connectivity index is 2.01. The van der Waals surface area contributed by atoms with Gasteiger partial charge in [0.05, 0.1) is 12.1 Å². The van der Waals surface area contributed by atoms with Gasteiger partial charge in [-0.2, -0.15) is 5.10 Å². The Kier molecular flexibility index (Phi) is 6.54. The Bertz CT molecular complexity index is 733. The highest BCUT2D eigenvalue weighted by atomic mass is 19.4. The summed E-state index contributed by atoms with van der Waals surface area (Å²) in [5.74, 6) is -0.315. The lowest BCUT2D eigenvalue weighted by Crippen LogP contribution is -2.29. The second-order valence-corrected chi connectivity index (χ2v) is 5.66. The largest absolute Gasteiger partial charge is 0.573 e. The minimum absolute atomic E-state index is 0.0868. The monoisotopic (exact) mass is 366 g/mol. The zero-order valence-electron chi connectivity index (χ0n) is 14.3. The molecule has 1 heterocycles.